The van der Waals surface area contributed by atoms with Gasteiger partial charge in [0, 0.05) is 43.8 Å². The standard InChI is InChI=1S/C25H30N4OS/c1-2-29-22-11-10-19(17-20(22)18-24(29)30)7-5-6-12-27-13-15-28(16-14-27)25-21-8-3-4-9-23(21)31-26-25/h3-4,8-11,17H,2,5-7,12-16,18H2,1H3. The number of aryl methyl sites for hydroxylation is 1. The first kappa shape index (κ1) is 20.5. The second-order valence-electron chi connectivity index (χ2n) is 8.57. The van der Waals surface area contributed by atoms with E-state index in [2.05, 4.69) is 52.3 Å². The first-order valence-corrected chi connectivity index (χ1v) is 12.2. The lowest BCUT2D eigenvalue weighted by Gasteiger charge is -2.35. The largest absolute Gasteiger partial charge is 0.353 e. The average Bonchev–Trinajstić information content (AvgIpc) is 3.37. The van der Waals surface area contributed by atoms with Gasteiger partial charge in [-0.15, -0.1) is 0 Å². The number of aromatic nitrogens is 1. The fourth-order valence-corrected chi connectivity index (χ4v) is 5.68. The van der Waals surface area contributed by atoms with Gasteiger partial charge in [0.15, 0.2) is 0 Å². The summed E-state index contributed by atoms with van der Waals surface area (Å²) in [6.45, 7) is 8.30. The predicted octanol–water partition coefficient (Wildman–Crippen LogP) is 4.35. The van der Waals surface area contributed by atoms with Crippen LogP contribution < -0.4 is 9.80 Å². The molecule has 1 fully saturated rings. The highest BCUT2D eigenvalue weighted by molar-refractivity contribution is 7.13. The molecule has 0 unspecified atom stereocenters. The Kier molecular flexibility index (Phi) is 5.92. The maximum absolute atomic E-state index is 12.1. The zero-order valence-electron chi connectivity index (χ0n) is 18.2. The van der Waals surface area contributed by atoms with E-state index in [1.54, 1.807) is 11.5 Å². The number of anilines is 2. The number of likely N-dealkylation sites (N-methyl/N-ethyl adjacent to an activating group) is 1. The van der Waals surface area contributed by atoms with Crippen LogP contribution in [0.25, 0.3) is 10.1 Å². The van der Waals surface area contributed by atoms with E-state index in [4.69, 9.17) is 4.37 Å². The van der Waals surface area contributed by atoms with E-state index >= 15 is 0 Å². The number of fused-ring (bicyclic) bond motifs is 2. The SMILES string of the molecule is CCN1C(=O)Cc2cc(CCCCN3CCN(c4nsc5ccccc45)CC3)ccc21. The summed E-state index contributed by atoms with van der Waals surface area (Å²) < 4.78 is 5.99. The third-order valence-corrected chi connectivity index (χ3v) is 7.43. The minimum absolute atomic E-state index is 0.236. The Labute approximate surface area is 188 Å². The van der Waals surface area contributed by atoms with Crippen molar-refractivity contribution in [2.24, 2.45) is 0 Å². The number of unbranched alkanes of at least 4 members (excludes halogenated alkanes) is 1. The summed E-state index contributed by atoms with van der Waals surface area (Å²) in [5.74, 6) is 1.40. The number of hydrogen-bond acceptors (Lipinski definition) is 5. The summed E-state index contributed by atoms with van der Waals surface area (Å²) in [5, 5.41) is 1.29. The molecular formula is C25H30N4OS. The minimum Gasteiger partial charge on any atom is -0.353 e. The Bertz CT molecular complexity index is 1070. The zero-order chi connectivity index (χ0) is 21.2. The van der Waals surface area contributed by atoms with Crippen LogP contribution in [-0.2, 0) is 17.6 Å². The van der Waals surface area contributed by atoms with Gasteiger partial charge in [-0.1, -0.05) is 24.3 Å². The summed E-state index contributed by atoms with van der Waals surface area (Å²) in [6.07, 6.45) is 4.08. The van der Waals surface area contributed by atoms with Crippen molar-refractivity contribution >= 4 is 39.0 Å². The molecule has 2 aliphatic heterocycles. The summed E-state index contributed by atoms with van der Waals surface area (Å²) in [7, 11) is 0. The van der Waals surface area contributed by atoms with E-state index in [0.29, 0.717) is 6.42 Å². The Morgan fingerprint density at radius 3 is 2.71 bits per heavy atom. The van der Waals surface area contributed by atoms with Crippen molar-refractivity contribution in [2.45, 2.75) is 32.6 Å². The highest BCUT2D eigenvalue weighted by Gasteiger charge is 2.25. The lowest BCUT2D eigenvalue weighted by Crippen LogP contribution is -2.46. The normalized spacial score (nSPS) is 17.0. The van der Waals surface area contributed by atoms with E-state index in [9.17, 15) is 4.79 Å². The molecule has 5 rings (SSSR count). The highest BCUT2D eigenvalue weighted by atomic mass is 32.1. The second-order valence-corrected chi connectivity index (χ2v) is 9.37. The molecule has 0 aliphatic carbocycles. The number of carbonyl (C=O) groups excluding carboxylic acids is 1. The van der Waals surface area contributed by atoms with Crippen molar-refractivity contribution in [1.82, 2.24) is 9.27 Å². The average molecular weight is 435 g/mol. The predicted molar refractivity (Wildman–Crippen MR) is 129 cm³/mol. The van der Waals surface area contributed by atoms with Gasteiger partial charge in [0.05, 0.1) is 11.1 Å². The summed E-state index contributed by atoms with van der Waals surface area (Å²) in [6, 6.07) is 15.1. The summed E-state index contributed by atoms with van der Waals surface area (Å²) in [4.78, 5) is 19.0. The lowest BCUT2D eigenvalue weighted by atomic mass is 10.0. The number of rotatable bonds is 7. The highest BCUT2D eigenvalue weighted by Crippen LogP contribution is 2.31. The van der Waals surface area contributed by atoms with Crippen LogP contribution in [0.15, 0.2) is 42.5 Å². The van der Waals surface area contributed by atoms with Crippen LogP contribution in [0.4, 0.5) is 11.5 Å². The third-order valence-electron chi connectivity index (χ3n) is 6.61. The summed E-state index contributed by atoms with van der Waals surface area (Å²) in [5.41, 5.74) is 3.68. The molecule has 6 heteroatoms. The first-order chi connectivity index (χ1) is 15.2. The maximum Gasteiger partial charge on any atom is 0.231 e. The van der Waals surface area contributed by atoms with Crippen LogP contribution >= 0.6 is 11.5 Å². The molecule has 0 radical (unpaired) electrons. The van der Waals surface area contributed by atoms with E-state index in [0.717, 1.165) is 50.6 Å². The molecular weight excluding hydrogens is 404 g/mol. The molecule has 0 atom stereocenters. The smallest absolute Gasteiger partial charge is 0.231 e. The minimum atomic E-state index is 0.236. The first-order valence-electron chi connectivity index (χ1n) is 11.5. The molecule has 0 bridgehead atoms. The molecule has 3 aromatic rings. The van der Waals surface area contributed by atoms with Crippen LogP contribution in [0.1, 0.15) is 30.9 Å². The van der Waals surface area contributed by atoms with E-state index < -0.39 is 0 Å². The Balaban J connectivity index is 1.07. The Morgan fingerprint density at radius 2 is 1.87 bits per heavy atom. The number of piperazine rings is 1. The molecule has 0 spiro atoms. The van der Waals surface area contributed by atoms with Gasteiger partial charge in [-0.3, -0.25) is 9.69 Å². The zero-order valence-corrected chi connectivity index (χ0v) is 19.0. The van der Waals surface area contributed by atoms with E-state index in [1.807, 2.05) is 11.8 Å². The molecule has 31 heavy (non-hydrogen) atoms. The number of amides is 1. The monoisotopic (exact) mass is 434 g/mol. The molecule has 0 saturated carbocycles. The van der Waals surface area contributed by atoms with Gasteiger partial charge < -0.3 is 9.80 Å². The number of hydrogen-bond donors (Lipinski definition) is 0. The molecule has 1 aromatic heterocycles. The quantitative estimate of drug-likeness (QED) is 0.519. The van der Waals surface area contributed by atoms with E-state index in [-0.39, 0.29) is 5.91 Å². The topological polar surface area (TPSA) is 39.7 Å². The molecule has 5 nitrogen and oxygen atoms in total. The maximum atomic E-state index is 12.1. The van der Waals surface area contributed by atoms with Gasteiger partial charge in [-0.25, -0.2) is 0 Å². The van der Waals surface area contributed by atoms with Gasteiger partial charge >= 0.3 is 0 Å². The van der Waals surface area contributed by atoms with Crippen molar-refractivity contribution in [3.63, 3.8) is 0 Å². The van der Waals surface area contributed by atoms with Crippen LogP contribution in [0, 0.1) is 0 Å². The second kappa shape index (κ2) is 8.97. The van der Waals surface area contributed by atoms with Crippen molar-refractivity contribution < 1.29 is 4.79 Å². The molecule has 0 N–H and O–H groups in total. The van der Waals surface area contributed by atoms with Gasteiger partial charge in [-0.05, 0) is 73.6 Å². The summed E-state index contributed by atoms with van der Waals surface area (Å²) >= 11 is 1.61. The number of benzene rings is 2. The van der Waals surface area contributed by atoms with Crippen LogP contribution in [0.5, 0.6) is 0 Å². The Morgan fingerprint density at radius 1 is 1.03 bits per heavy atom. The third kappa shape index (κ3) is 4.19. The molecule has 3 heterocycles. The Hall–Kier alpha value is -2.44. The molecule has 2 aromatic carbocycles. The molecule has 1 saturated heterocycles. The fourth-order valence-electron chi connectivity index (χ4n) is 4.89. The van der Waals surface area contributed by atoms with Gasteiger partial charge in [0.25, 0.3) is 0 Å². The lowest BCUT2D eigenvalue weighted by molar-refractivity contribution is -0.117. The van der Waals surface area contributed by atoms with Gasteiger partial charge in [0.2, 0.25) is 5.91 Å². The molecule has 1 amide bonds. The fraction of sp³-hybridized carbons (Fsp3) is 0.440. The van der Waals surface area contributed by atoms with E-state index in [1.165, 1.54) is 40.6 Å². The van der Waals surface area contributed by atoms with Gasteiger partial charge in [0.1, 0.15) is 5.82 Å². The van der Waals surface area contributed by atoms with Crippen molar-refractivity contribution in [2.75, 3.05) is 49.1 Å². The van der Waals surface area contributed by atoms with Crippen LogP contribution in [0.2, 0.25) is 0 Å². The van der Waals surface area contributed by atoms with Crippen molar-refractivity contribution in [3.8, 4) is 0 Å². The molecule has 162 valence electrons. The van der Waals surface area contributed by atoms with Crippen molar-refractivity contribution in [1.29, 1.82) is 0 Å². The number of nitrogens with zero attached hydrogens (tertiary/aromatic N) is 4. The molecule has 2 aliphatic rings. The van der Waals surface area contributed by atoms with Crippen LogP contribution in [-0.4, -0.2) is 54.4 Å². The van der Waals surface area contributed by atoms with Crippen molar-refractivity contribution in [3.05, 3.63) is 53.6 Å². The number of carbonyl (C=O) groups is 1. The van der Waals surface area contributed by atoms with Gasteiger partial charge in [-0.2, -0.15) is 4.37 Å². The van der Waals surface area contributed by atoms with Crippen LogP contribution in [0.3, 0.4) is 0 Å².